The van der Waals surface area contributed by atoms with Gasteiger partial charge >= 0.3 is 0 Å². The number of benzene rings is 2. The van der Waals surface area contributed by atoms with Gasteiger partial charge in [0.25, 0.3) is 11.8 Å². The molecule has 0 aliphatic carbocycles. The molecule has 1 aromatic heterocycles. The SMILES string of the molecule is CN(C)CC(=O)N(C)c1ccc(C(=O)Nc2cc(F)c(F)cc2C(=O)Nc2cc(Cl)ccn2)cc1. The molecular formula is C24H22ClF2N5O3. The Kier molecular flexibility index (Phi) is 8.10. The van der Waals surface area contributed by atoms with Crippen molar-refractivity contribution in [1.29, 1.82) is 0 Å². The Morgan fingerprint density at radius 1 is 0.914 bits per heavy atom. The fraction of sp³-hybridized carbons (Fsp3) is 0.167. The summed E-state index contributed by atoms with van der Waals surface area (Å²) < 4.78 is 27.8. The number of amides is 3. The summed E-state index contributed by atoms with van der Waals surface area (Å²) in [5, 5.41) is 5.17. The minimum atomic E-state index is -1.26. The van der Waals surface area contributed by atoms with Crippen LogP contribution in [0.25, 0.3) is 0 Å². The predicted octanol–water partition coefficient (Wildman–Crippen LogP) is 4.04. The summed E-state index contributed by atoms with van der Waals surface area (Å²) in [6.07, 6.45) is 1.36. The van der Waals surface area contributed by atoms with Gasteiger partial charge in [0.15, 0.2) is 11.6 Å². The average Bonchev–Trinajstić information content (AvgIpc) is 2.80. The molecule has 0 spiro atoms. The summed E-state index contributed by atoms with van der Waals surface area (Å²) in [5.41, 5.74) is 0.186. The van der Waals surface area contributed by atoms with Gasteiger partial charge in [0, 0.05) is 35.6 Å². The molecule has 3 amide bonds. The molecule has 0 fully saturated rings. The summed E-state index contributed by atoms with van der Waals surface area (Å²) in [7, 11) is 5.16. The second-order valence-electron chi connectivity index (χ2n) is 7.82. The number of carbonyl (C=O) groups excluding carboxylic acids is 3. The fourth-order valence-corrected chi connectivity index (χ4v) is 3.21. The average molecular weight is 502 g/mol. The van der Waals surface area contributed by atoms with Crippen molar-refractivity contribution in [2.45, 2.75) is 0 Å². The van der Waals surface area contributed by atoms with Crippen LogP contribution in [0.3, 0.4) is 0 Å². The van der Waals surface area contributed by atoms with E-state index in [1.807, 2.05) is 0 Å². The van der Waals surface area contributed by atoms with Crippen molar-refractivity contribution in [3.05, 3.63) is 82.5 Å². The molecule has 2 N–H and O–H groups in total. The molecule has 35 heavy (non-hydrogen) atoms. The topological polar surface area (TPSA) is 94.6 Å². The van der Waals surface area contributed by atoms with Gasteiger partial charge in [-0.15, -0.1) is 0 Å². The minimum Gasteiger partial charge on any atom is -0.321 e. The Morgan fingerprint density at radius 3 is 2.20 bits per heavy atom. The quantitative estimate of drug-likeness (QED) is 0.509. The molecule has 182 valence electrons. The van der Waals surface area contributed by atoms with Crippen LogP contribution < -0.4 is 15.5 Å². The van der Waals surface area contributed by atoms with Crippen molar-refractivity contribution >= 4 is 46.5 Å². The van der Waals surface area contributed by atoms with Gasteiger partial charge in [-0.3, -0.25) is 14.4 Å². The lowest BCUT2D eigenvalue weighted by molar-refractivity contribution is -0.118. The highest BCUT2D eigenvalue weighted by Crippen LogP contribution is 2.23. The number of likely N-dealkylation sites (N-methyl/N-ethyl adjacent to an activating group) is 2. The van der Waals surface area contributed by atoms with E-state index in [4.69, 9.17) is 11.6 Å². The highest BCUT2D eigenvalue weighted by Gasteiger charge is 2.20. The number of nitrogens with one attached hydrogen (secondary N) is 2. The van der Waals surface area contributed by atoms with Gasteiger partial charge in [-0.2, -0.15) is 0 Å². The Morgan fingerprint density at radius 2 is 1.57 bits per heavy atom. The highest BCUT2D eigenvalue weighted by molar-refractivity contribution is 6.30. The molecule has 0 unspecified atom stereocenters. The van der Waals surface area contributed by atoms with E-state index in [9.17, 15) is 23.2 Å². The number of carbonyl (C=O) groups is 3. The molecule has 11 heteroatoms. The molecule has 1 heterocycles. The predicted molar refractivity (Wildman–Crippen MR) is 130 cm³/mol. The van der Waals surface area contributed by atoms with E-state index in [1.54, 1.807) is 38.2 Å². The lowest BCUT2D eigenvalue weighted by atomic mass is 10.1. The summed E-state index contributed by atoms with van der Waals surface area (Å²) in [6.45, 7) is 0.213. The third-order valence-corrected chi connectivity index (χ3v) is 5.09. The summed E-state index contributed by atoms with van der Waals surface area (Å²) in [6, 6.07) is 10.4. The number of aromatic nitrogens is 1. The van der Waals surface area contributed by atoms with E-state index in [0.29, 0.717) is 16.8 Å². The van der Waals surface area contributed by atoms with Crippen LogP contribution in [0.5, 0.6) is 0 Å². The number of hydrogen-bond acceptors (Lipinski definition) is 5. The molecule has 0 saturated carbocycles. The number of hydrogen-bond donors (Lipinski definition) is 2. The smallest absolute Gasteiger partial charge is 0.259 e. The van der Waals surface area contributed by atoms with Crippen LogP contribution in [-0.2, 0) is 4.79 Å². The van der Waals surface area contributed by atoms with E-state index in [0.717, 1.165) is 6.07 Å². The van der Waals surface area contributed by atoms with E-state index in [-0.39, 0.29) is 35.1 Å². The number of nitrogens with zero attached hydrogens (tertiary/aromatic N) is 3. The van der Waals surface area contributed by atoms with Gasteiger partial charge in [-0.05, 0) is 56.6 Å². The van der Waals surface area contributed by atoms with Gasteiger partial charge in [0.2, 0.25) is 5.91 Å². The summed E-state index contributed by atoms with van der Waals surface area (Å²) in [4.78, 5) is 44.8. The van der Waals surface area contributed by atoms with Crippen LogP contribution >= 0.6 is 11.6 Å². The largest absolute Gasteiger partial charge is 0.321 e. The molecule has 8 nitrogen and oxygen atoms in total. The van der Waals surface area contributed by atoms with E-state index < -0.39 is 23.4 Å². The summed E-state index contributed by atoms with van der Waals surface area (Å²) >= 11 is 5.88. The first-order chi connectivity index (χ1) is 16.5. The maximum Gasteiger partial charge on any atom is 0.259 e. The first kappa shape index (κ1) is 25.7. The zero-order valence-corrected chi connectivity index (χ0v) is 19.9. The van der Waals surface area contributed by atoms with Crippen molar-refractivity contribution in [1.82, 2.24) is 9.88 Å². The number of pyridine rings is 1. The lowest BCUT2D eigenvalue weighted by Gasteiger charge is -2.20. The van der Waals surface area contributed by atoms with Gasteiger partial charge in [0.05, 0.1) is 17.8 Å². The molecule has 0 bridgehead atoms. The Balaban J connectivity index is 1.80. The van der Waals surface area contributed by atoms with Gasteiger partial charge in [0.1, 0.15) is 5.82 Å². The van der Waals surface area contributed by atoms with Crippen LogP contribution in [0.1, 0.15) is 20.7 Å². The molecule has 0 atom stereocenters. The monoisotopic (exact) mass is 501 g/mol. The normalized spacial score (nSPS) is 10.7. The first-order valence-electron chi connectivity index (χ1n) is 10.3. The zero-order valence-electron chi connectivity index (χ0n) is 19.1. The third-order valence-electron chi connectivity index (χ3n) is 4.86. The van der Waals surface area contributed by atoms with Gasteiger partial charge in [-0.1, -0.05) is 11.6 Å². The summed E-state index contributed by atoms with van der Waals surface area (Å²) in [5.74, 6) is -4.05. The van der Waals surface area contributed by atoms with Crippen LogP contribution in [0.2, 0.25) is 5.02 Å². The van der Waals surface area contributed by atoms with E-state index in [1.165, 1.54) is 35.4 Å². The van der Waals surface area contributed by atoms with Crippen molar-refractivity contribution in [3.8, 4) is 0 Å². The van der Waals surface area contributed by atoms with Crippen LogP contribution in [0.15, 0.2) is 54.7 Å². The van der Waals surface area contributed by atoms with Crippen LogP contribution in [0.4, 0.5) is 26.0 Å². The number of rotatable bonds is 7. The molecule has 3 rings (SSSR count). The first-order valence-corrected chi connectivity index (χ1v) is 10.7. The second-order valence-corrected chi connectivity index (χ2v) is 8.25. The molecule has 0 aliphatic rings. The molecule has 0 saturated heterocycles. The fourth-order valence-electron chi connectivity index (χ4n) is 3.05. The maximum absolute atomic E-state index is 13.9. The lowest BCUT2D eigenvalue weighted by Crippen LogP contribution is -2.35. The number of halogens is 3. The van der Waals surface area contributed by atoms with Crippen LogP contribution in [-0.4, -0.2) is 55.3 Å². The molecular weight excluding hydrogens is 480 g/mol. The van der Waals surface area contributed by atoms with Gasteiger partial charge < -0.3 is 20.4 Å². The second kappa shape index (κ2) is 11.0. The van der Waals surface area contributed by atoms with Crippen molar-refractivity contribution < 1.29 is 23.2 Å². The Hall–Kier alpha value is -3.89. The Bertz CT molecular complexity index is 1270. The Labute approximate surface area is 205 Å². The number of anilines is 3. The van der Waals surface area contributed by atoms with E-state index >= 15 is 0 Å². The molecule has 2 aromatic carbocycles. The third kappa shape index (κ3) is 6.58. The van der Waals surface area contributed by atoms with Crippen LogP contribution in [0, 0.1) is 11.6 Å². The minimum absolute atomic E-state index is 0.0908. The standard InChI is InChI=1S/C24H22ClF2N5O3/c1-31(2)13-22(33)32(3)16-6-4-14(5-7-16)23(34)29-20-12-19(27)18(26)11-17(20)24(35)30-21-10-15(25)8-9-28-21/h4-12H,13H2,1-3H3,(H,29,34)(H,28,30,35). The van der Waals surface area contributed by atoms with Crippen molar-refractivity contribution in [3.63, 3.8) is 0 Å². The molecule has 0 radical (unpaired) electrons. The molecule has 3 aromatic rings. The maximum atomic E-state index is 13.9. The van der Waals surface area contributed by atoms with E-state index in [2.05, 4.69) is 15.6 Å². The van der Waals surface area contributed by atoms with Crippen molar-refractivity contribution in [2.24, 2.45) is 0 Å². The highest BCUT2D eigenvalue weighted by atomic mass is 35.5. The zero-order chi connectivity index (χ0) is 25.7. The molecule has 0 aliphatic heterocycles. The van der Waals surface area contributed by atoms with Crippen molar-refractivity contribution in [2.75, 3.05) is 43.2 Å². The van der Waals surface area contributed by atoms with Gasteiger partial charge in [-0.25, -0.2) is 13.8 Å².